The van der Waals surface area contributed by atoms with E-state index < -0.39 is 132 Å². The average Bonchev–Trinajstić information content (AvgIpc) is 3.16. The lowest BCUT2D eigenvalue weighted by Crippen LogP contribution is -2.28. The van der Waals surface area contributed by atoms with Crippen LogP contribution in [-0.4, -0.2) is 103 Å². The van der Waals surface area contributed by atoms with E-state index in [4.69, 9.17) is 11.6 Å². The molecule has 0 atom stereocenters. The van der Waals surface area contributed by atoms with Gasteiger partial charge in [-0.25, -0.2) is 0 Å². The standard InChI is InChI=1S/C33H26ClN9O17S5/c1-14-3-4-16(61(46,47)48)10-21(14)36-33-38-31(34)37-32(39-33)35-20-7-6-18-19(30(20)65(58,59)60)12-27(64(55,56)57)28(29(18)45)43-41-23-9-15(2)22(13-25(23)44)40-42-24-11-17(62(49,50)51)5-8-26(24)63(52,53)54/h3-13,40,42H,1-2H3,(H,46,47,48)(H,49,50,51)(H,52,53,54)(H,55,56,57)(H,58,59,60)(H2,35,36,37,38,39)/b41-23?,43-28+. The number of halogens is 1. The summed E-state index contributed by atoms with van der Waals surface area (Å²) in [5, 5.41) is 11.8. The molecule has 342 valence electrons. The fourth-order valence-corrected chi connectivity index (χ4v) is 9.05. The molecule has 1 heterocycles. The van der Waals surface area contributed by atoms with E-state index in [2.05, 4.69) is 46.6 Å². The SMILES string of the molecule is CC1=CC(=N/N=C2/C(=O)c3ccc(Nc4nc(Cl)nc(Nc5cc(S(=O)(=O)O)ccc5C)n4)c(S(=O)(=O)O)c3C=C2S(=O)(=O)O)C(=O)C=C1NNc1cc(S(=O)(=O)O)ccc1S(=O)(=O)O. The first kappa shape index (κ1) is 48.1. The first-order valence-electron chi connectivity index (χ1n) is 17.1. The van der Waals surface area contributed by atoms with Gasteiger partial charge in [-0.3, -0.25) is 37.8 Å². The number of anilines is 5. The third-order valence-electron chi connectivity index (χ3n) is 8.73. The molecule has 0 saturated carbocycles. The Balaban J connectivity index is 1.33. The average molecular weight is 1020 g/mol. The molecule has 0 unspecified atom stereocenters. The van der Waals surface area contributed by atoms with Gasteiger partial charge in [0.05, 0.1) is 26.9 Å². The first-order chi connectivity index (χ1) is 29.9. The maximum atomic E-state index is 13.8. The lowest BCUT2D eigenvalue weighted by atomic mass is 9.94. The second kappa shape index (κ2) is 17.2. The molecule has 1 aromatic heterocycles. The van der Waals surface area contributed by atoms with Crippen LogP contribution in [0, 0.1) is 6.92 Å². The van der Waals surface area contributed by atoms with Crippen molar-refractivity contribution in [2.75, 3.05) is 16.1 Å². The number of hydrazine groups is 1. The van der Waals surface area contributed by atoms with Gasteiger partial charge in [0.2, 0.25) is 28.7 Å². The number of allylic oxidation sites excluding steroid dienone is 4. The summed E-state index contributed by atoms with van der Waals surface area (Å²) in [6, 6.07) is 7.38. The molecule has 0 fully saturated rings. The van der Waals surface area contributed by atoms with E-state index in [9.17, 15) is 74.4 Å². The Kier molecular flexibility index (Phi) is 12.7. The number of benzene rings is 3. The van der Waals surface area contributed by atoms with Crippen molar-refractivity contribution in [2.45, 2.75) is 33.4 Å². The fraction of sp³-hybridized carbons (Fsp3) is 0.0606. The fourth-order valence-electron chi connectivity index (χ4n) is 5.76. The van der Waals surface area contributed by atoms with Gasteiger partial charge >= 0.3 is 0 Å². The Bertz CT molecular complexity index is 3540. The van der Waals surface area contributed by atoms with E-state index in [0.717, 1.165) is 36.4 Å². The molecular weight excluding hydrogens is 990 g/mol. The molecule has 0 aliphatic heterocycles. The molecule has 4 aromatic rings. The highest BCUT2D eigenvalue weighted by Crippen LogP contribution is 2.37. The zero-order chi connectivity index (χ0) is 48.2. The van der Waals surface area contributed by atoms with Gasteiger partial charge in [-0.05, 0) is 91.2 Å². The quantitative estimate of drug-likeness (QED) is 0.0528. The summed E-state index contributed by atoms with van der Waals surface area (Å²) in [7, 11) is -25.4. The Morgan fingerprint density at radius 3 is 1.75 bits per heavy atom. The summed E-state index contributed by atoms with van der Waals surface area (Å²) in [5.74, 6) is -3.27. The Morgan fingerprint density at radius 2 is 1.18 bits per heavy atom. The lowest BCUT2D eigenvalue weighted by Gasteiger charge is -2.20. The van der Waals surface area contributed by atoms with E-state index in [-0.39, 0.29) is 22.9 Å². The summed E-state index contributed by atoms with van der Waals surface area (Å²) in [5.41, 5.74) is 0.916. The van der Waals surface area contributed by atoms with Crippen LogP contribution in [0.25, 0.3) is 6.08 Å². The van der Waals surface area contributed by atoms with Crippen LogP contribution in [0.4, 0.5) is 29.0 Å². The number of hydrogen-bond donors (Lipinski definition) is 9. The smallest absolute Gasteiger partial charge is 0.297 e. The minimum absolute atomic E-state index is 0.0680. The van der Waals surface area contributed by atoms with Gasteiger partial charge in [-0.2, -0.15) is 57.0 Å². The molecule has 0 amide bonds. The lowest BCUT2D eigenvalue weighted by molar-refractivity contribution is -0.108. The van der Waals surface area contributed by atoms with E-state index in [1.165, 1.54) is 13.0 Å². The van der Waals surface area contributed by atoms with Crippen LogP contribution in [0.2, 0.25) is 5.28 Å². The topological polar surface area (TPSA) is 417 Å². The van der Waals surface area contributed by atoms with Gasteiger partial charge in [0.1, 0.15) is 20.4 Å². The molecule has 0 saturated heterocycles. The van der Waals surface area contributed by atoms with Gasteiger partial charge < -0.3 is 16.1 Å². The van der Waals surface area contributed by atoms with Crippen LogP contribution in [-0.2, 0) is 55.4 Å². The Hall–Kier alpha value is -6.39. The van der Waals surface area contributed by atoms with E-state index >= 15 is 0 Å². The van der Waals surface area contributed by atoms with Crippen molar-refractivity contribution in [2.24, 2.45) is 10.2 Å². The minimum atomic E-state index is -5.50. The van der Waals surface area contributed by atoms with Gasteiger partial charge in [0.25, 0.3) is 50.6 Å². The summed E-state index contributed by atoms with van der Waals surface area (Å²) in [6.07, 6.45) is 2.34. The van der Waals surface area contributed by atoms with Crippen LogP contribution in [0.1, 0.15) is 28.4 Å². The third-order valence-corrected chi connectivity index (χ3v) is 13.3. The number of nitrogens with one attached hydrogen (secondary N) is 4. The number of aromatic nitrogens is 3. The summed E-state index contributed by atoms with van der Waals surface area (Å²) in [6.45, 7) is 2.91. The number of rotatable bonds is 13. The van der Waals surface area contributed by atoms with Crippen molar-refractivity contribution in [1.82, 2.24) is 20.4 Å². The highest BCUT2D eigenvalue weighted by molar-refractivity contribution is 7.91. The number of carbonyl (C=O) groups is 2. The number of hydrogen-bond acceptors (Lipinski definition) is 21. The summed E-state index contributed by atoms with van der Waals surface area (Å²) in [4.78, 5) is 34.0. The highest BCUT2D eigenvalue weighted by Gasteiger charge is 2.37. The number of carbonyl (C=O) groups excluding carboxylic acids is 2. The maximum absolute atomic E-state index is 13.8. The molecule has 0 bridgehead atoms. The summed E-state index contributed by atoms with van der Waals surface area (Å²) < 4.78 is 170. The second-order valence-electron chi connectivity index (χ2n) is 13.2. The molecule has 3 aromatic carbocycles. The Labute approximate surface area is 371 Å². The van der Waals surface area contributed by atoms with Crippen molar-refractivity contribution < 1.29 is 74.4 Å². The van der Waals surface area contributed by atoms with E-state index in [1.807, 2.05) is 0 Å². The monoisotopic (exact) mass is 1010 g/mol. The molecule has 9 N–H and O–H groups in total. The van der Waals surface area contributed by atoms with Crippen LogP contribution < -0.4 is 21.5 Å². The van der Waals surface area contributed by atoms with Crippen LogP contribution >= 0.6 is 11.6 Å². The number of nitrogens with zero attached hydrogens (tertiary/aromatic N) is 5. The van der Waals surface area contributed by atoms with Crippen LogP contribution in [0.15, 0.2) is 107 Å². The van der Waals surface area contributed by atoms with Gasteiger partial charge in [-0.15, -0.1) is 10.2 Å². The van der Waals surface area contributed by atoms with Gasteiger partial charge in [-0.1, -0.05) is 6.07 Å². The molecule has 26 nitrogen and oxygen atoms in total. The number of fused-ring (bicyclic) bond motifs is 1. The Morgan fingerprint density at radius 1 is 0.600 bits per heavy atom. The van der Waals surface area contributed by atoms with Crippen molar-refractivity contribution in [3.05, 3.63) is 98.8 Å². The van der Waals surface area contributed by atoms with Crippen molar-refractivity contribution >= 4 is 120 Å². The second-order valence-corrected chi connectivity index (χ2v) is 20.5. The zero-order valence-corrected chi connectivity index (χ0v) is 37.0. The first-order valence-corrected chi connectivity index (χ1v) is 24.6. The van der Waals surface area contributed by atoms with Crippen LogP contribution in [0.3, 0.4) is 0 Å². The normalized spacial score (nSPS) is 16.1. The van der Waals surface area contributed by atoms with Crippen LogP contribution in [0.5, 0.6) is 0 Å². The minimum Gasteiger partial charge on any atom is -0.324 e. The highest BCUT2D eigenvalue weighted by atomic mass is 35.5. The molecule has 0 radical (unpaired) electrons. The molecule has 65 heavy (non-hydrogen) atoms. The van der Waals surface area contributed by atoms with E-state index in [0.29, 0.717) is 29.8 Å². The van der Waals surface area contributed by atoms with E-state index in [1.54, 1.807) is 6.92 Å². The third kappa shape index (κ3) is 10.8. The number of aryl methyl sites for hydroxylation is 1. The molecule has 0 spiro atoms. The molecule has 6 rings (SSSR count). The van der Waals surface area contributed by atoms with Crippen molar-refractivity contribution in [3.8, 4) is 0 Å². The molecule has 32 heteroatoms. The maximum Gasteiger partial charge on any atom is 0.297 e. The molecule has 2 aliphatic carbocycles. The largest absolute Gasteiger partial charge is 0.324 e. The molecule has 2 aliphatic rings. The predicted octanol–water partition coefficient (Wildman–Crippen LogP) is 2.56. The molecular formula is C33H26ClN9O17S5. The number of Topliss-reactive ketones (excluding diaryl/α,β-unsaturated/α-hetero) is 1. The summed E-state index contributed by atoms with van der Waals surface area (Å²) >= 11 is 6.06. The van der Waals surface area contributed by atoms with Crippen molar-refractivity contribution in [1.29, 1.82) is 0 Å². The predicted molar refractivity (Wildman–Crippen MR) is 227 cm³/mol. The zero-order valence-electron chi connectivity index (χ0n) is 32.1. The van der Waals surface area contributed by atoms with Crippen molar-refractivity contribution in [3.63, 3.8) is 0 Å². The number of ketones is 2. The van der Waals surface area contributed by atoms with Gasteiger partial charge in [0, 0.05) is 22.9 Å². The van der Waals surface area contributed by atoms with Gasteiger partial charge in [0.15, 0.2) is 5.71 Å².